The highest BCUT2D eigenvalue weighted by atomic mass is 16.5. The number of rotatable bonds is 5. The van der Waals surface area contributed by atoms with Gasteiger partial charge < -0.3 is 9.47 Å². The summed E-state index contributed by atoms with van der Waals surface area (Å²) in [7, 11) is 0. The topological polar surface area (TPSA) is 18.5 Å². The number of ether oxygens (including phenoxy) is 2. The Labute approximate surface area is 91.5 Å². The van der Waals surface area contributed by atoms with E-state index in [0.717, 1.165) is 17.1 Å². The molecule has 0 spiro atoms. The van der Waals surface area contributed by atoms with Gasteiger partial charge in [0.05, 0.1) is 13.2 Å². The van der Waals surface area contributed by atoms with Crippen molar-refractivity contribution in [2.24, 2.45) is 0 Å². The maximum Gasteiger partial charge on any atom is 0.161 e. The van der Waals surface area contributed by atoms with E-state index in [1.54, 1.807) is 0 Å². The number of hydrogen-bond acceptors (Lipinski definition) is 2. The zero-order chi connectivity index (χ0) is 11.1. The summed E-state index contributed by atoms with van der Waals surface area (Å²) in [5, 5.41) is 0. The molecule has 0 saturated heterocycles. The van der Waals surface area contributed by atoms with Crippen molar-refractivity contribution in [3.05, 3.63) is 29.8 Å². The summed E-state index contributed by atoms with van der Waals surface area (Å²) in [4.78, 5) is 0. The van der Waals surface area contributed by atoms with Crippen LogP contribution < -0.4 is 9.47 Å². The molecule has 0 heterocycles. The van der Waals surface area contributed by atoms with Crippen LogP contribution in [0.5, 0.6) is 11.5 Å². The average Bonchev–Trinajstić information content (AvgIpc) is 2.23. The van der Waals surface area contributed by atoms with E-state index in [2.05, 4.69) is 0 Å². The molecule has 15 heavy (non-hydrogen) atoms. The smallest absolute Gasteiger partial charge is 0.161 e. The first-order valence-electron chi connectivity index (χ1n) is 5.34. The molecule has 0 fully saturated rings. The quantitative estimate of drug-likeness (QED) is 0.734. The fraction of sp³-hybridized carbons (Fsp3) is 0.385. The van der Waals surface area contributed by atoms with Crippen LogP contribution >= 0.6 is 0 Å². The lowest BCUT2D eigenvalue weighted by molar-refractivity contribution is 0.287. The van der Waals surface area contributed by atoms with Crippen molar-refractivity contribution >= 4 is 6.08 Å². The van der Waals surface area contributed by atoms with Crippen molar-refractivity contribution in [2.75, 3.05) is 13.2 Å². The number of hydrogen-bond donors (Lipinski definition) is 0. The minimum Gasteiger partial charge on any atom is -0.490 e. The van der Waals surface area contributed by atoms with Crippen LogP contribution in [0, 0.1) is 0 Å². The number of benzene rings is 1. The molecule has 2 heteroatoms. The lowest BCUT2D eigenvalue weighted by atomic mass is 10.2. The van der Waals surface area contributed by atoms with Gasteiger partial charge in [-0.25, -0.2) is 0 Å². The lowest BCUT2D eigenvalue weighted by Crippen LogP contribution is -1.98. The summed E-state index contributed by atoms with van der Waals surface area (Å²) >= 11 is 0. The summed E-state index contributed by atoms with van der Waals surface area (Å²) in [6.45, 7) is 7.24. The molecule has 82 valence electrons. The van der Waals surface area contributed by atoms with Gasteiger partial charge in [0.15, 0.2) is 11.5 Å². The standard InChI is InChI=1S/C13H18O2/c1-4-7-11-8-9-12(14-5-2)13(10-11)15-6-3/h4,7-10H,5-6H2,1-3H3/b7-4-. The van der Waals surface area contributed by atoms with Crippen LogP contribution in [0.1, 0.15) is 26.3 Å². The molecular formula is C13H18O2. The molecule has 1 aromatic rings. The molecule has 0 N–H and O–H groups in total. The second-order valence-corrected chi connectivity index (χ2v) is 3.07. The maximum atomic E-state index is 5.52. The van der Waals surface area contributed by atoms with E-state index in [4.69, 9.17) is 9.47 Å². The molecule has 0 aliphatic carbocycles. The van der Waals surface area contributed by atoms with Gasteiger partial charge in [0.25, 0.3) is 0 Å². The molecule has 0 bridgehead atoms. The van der Waals surface area contributed by atoms with E-state index in [1.807, 2.05) is 51.1 Å². The van der Waals surface area contributed by atoms with E-state index >= 15 is 0 Å². The van der Waals surface area contributed by atoms with E-state index in [9.17, 15) is 0 Å². The van der Waals surface area contributed by atoms with E-state index in [-0.39, 0.29) is 0 Å². The third-order valence-corrected chi connectivity index (χ3v) is 1.93. The van der Waals surface area contributed by atoms with Crippen molar-refractivity contribution in [3.63, 3.8) is 0 Å². The SMILES string of the molecule is C/C=C\c1ccc(OCC)c(OCC)c1. The molecule has 0 amide bonds. The van der Waals surface area contributed by atoms with Crippen LogP contribution in [0.25, 0.3) is 6.08 Å². The van der Waals surface area contributed by atoms with Gasteiger partial charge in [0.1, 0.15) is 0 Å². The molecule has 0 aliphatic rings. The first-order valence-corrected chi connectivity index (χ1v) is 5.34. The van der Waals surface area contributed by atoms with Crippen LogP contribution in [0.2, 0.25) is 0 Å². The summed E-state index contributed by atoms with van der Waals surface area (Å²) in [6, 6.07) is 5.96. The minimum atomic E-state index is 0.652. The van der Waals surface area contributed by atoms with Crippen molar-refractivity contribution in [1.82, 2.24) is 0 Å². The predicted molar refractivity (Wildman–Crippen MR) is 63.5 cm³/mol. The molecule has 2 nitrogen and oxygen atoms in total. The van der Waals surface area contributed by atoms with Gasteiger partial charge in [0.2, 0.25) is 0 Å². The van der Waals surface area contributed by atoms with Gasteiger partial charge >= 0.3 is 0 Å². The van der Waals surface area contributed by atoms with Crippen LogP contribution in [-0.4, -0.2) is 13.2 Å². The Morgan fingerprint density at radius 2 is 1.73 bits per heavy atom. The predicted octanol–water partition coefficient (Wildman–Crippen LogP) is 3.52. The normalized spacial score (nSPS) is 10.6. The Bertz CT molecular complexity index is 329. The molecule has 1 rings (SSSR count). The second-order valence-electron chi connectivity index (χ2n) is 3.07. The lowest BCUT2D eigenvalue weighted by Gasteiger charge is -2.11. The third kappa shape index (κ3) is 3.31. The van der Waals surface area contributed by atoms with Gasteiger partial charge in [-0.15, -0.1) is 0 Å². The van der Waals surface area contributed by atoms with Gasteiger partial charge in [-0.05, 0) is 38.5 Å². The molecular weight excluding hydrogens is 188 g/mol. The van der Waals surface area contributed by atoms with Crippen LogP contribution in [0.4, 0.5) is 0 Å². The highest BCUT2D eigenvalue weighted by Crippen LogP contribution is 2.28. The maximum absolute atomic E-state index is 5.52. The minimum absolute atomic E-state index is 0.652. The monoisotopic (exact) mass is 206 g/mol. The molecule has 1 aromatic carbocycles. The molecule has 0 unspecified atom stereocenters. The van der Waals surface area contributed by atoms with Crippen molar-refractivity contribution in [2.45, 2.75) is 20.8 Å². The van der Waals surface area contributed by atoms with E-state index in [1.165, 1.54) is 0 Å². The highest BCUT2D eigenvalue weighted by molar-refractivity contribution is 5.55. The van der Waals surface area contributed by atoms with Gasteiger partial charge in [-0.2, -0.15) is 0 Å². The summed E-state index contributed by atoms with van der Waals surface area (Å²) in [5.41, 5.74) is 1.13. The van der Waals surface area contributed by atoms with Crippen molar-refractivity contribution < 1.29 is 9.47 Å². The van der Waals surface area contributed by atoms with Crippen molar-refractivity contribution in [1.29, 1.82) is 0 Å². The molecule has 0 atom stereocenters. The largest absolute Gasteiger partial charge is 0.490 e. The molecule has 0 saturated carbocycles. The number of allylic oxidation sites excluding steroid dienone is 1. The van der Waals surface area contributed by atoms with Gasteiger partial charge in [-0.3, -0.25) is 0 Å². The molecule has 0 aromatic heterocycles. The van der Waals surface area contributed by atoms with E-state index < -0.39 is 0 Å². The fourth-order valence-corrected chi connectivity index (χ4v) is 1.36. The van der Waals surface area contributed by atoms with Crippen LogP contribution in [0.15, 0.2) is 24.3 Å². The first-order chi connectivity index (χ1) is 7.31. The van der Waals surface area contributed by atoms with Crippen LogP contribution in [0.3, 0.4) is 0 Å². The second kappa shape index (κ2) is 6.12. The van der Waals surface area contributed by atoms with Crippen LogP contribution in [-0.2, 0) is 0 Å². The molecule has 0 radical (unpaired) electrons. The average molecular weight is 206 g/mol. The summed E-state index contributed by atoms with van der Waals surface area (Å²) in [5.74, 6) is 1.63. The Morgan fingerprint density at radius 1 is 1.07 bits per heavy atom. The Hall–Kier alpha value is -1.44. The first kappa shape index (κ1) is 11.6. The Balaban J connectivity index is 2.97. The summed E-state index contributed by atoms with van der Waals surface area (Å²) in [6.07, 6.45) is 4.05. The fourth-order valence-electron chi connectivity index (χ4n) is 1.36. The van der Waals surface area contributed by atoms with Crippen molar-refractivity contribution in [3.8, 4) is 11.5 Å². The van der Waals surface area contributed by atoms with Gasteiger partial charge in [0, 0.05) is 0 Å². The molecule has 0 aliphatic heterocycles. The zero-order valence-corrected chi connectivity index (χ0v) is 9.62. The Kier molecular flexibility index (Phi) is 4.75. The Morgan fingerprint density at radius 3 is 2.33 bits per heavy atom. The third-order valence-electron chi connectivity index (χ3n) is 1.93. The summed E-state index contributed by atoms with van der Waals surface area (Å²) < 4.78 is 11.0. The van der Waals surface area contributed by atoms with E-state index in [0.29, 0.717) is 13.2 Å². The zero-order valence-electron chi connectivity index (χ0n) is 9.62. The van der Waals surface area contributed by atoms with Gasteiger partial charge in [-0.1, -0.05) is 18.2 Å². The highest BCUT2D eigenvalue weighted by Gasteiger charge is 2.04.